The lowest BCUT2D eigenvalue weighted by atomic mass is 9.55. The first-order valence-corrected chi connectivity index (χ1v) is 8.83. The smallest absolute Gasteiger partial charge is 0.411 e. The van der Waals surface area contributed by atoms with Crippen molar-refractivity contribution in [2.45, 2.75) is 57.5 Å². The molecule has 4 aliphatic carbocycles. The van der Waals surface area contributed by atoms with Crippen LogP contribution in [0.15, 0.2) is 0 Å². The normalized spacial score (nSPS) is 41.3. The number of hydrogen-bond donors (Lipinski definition) is 0. The number of amides is 1. The van der Waals surface area contributed by atoms with E-state index < -0.39 is 0 Å². The molecule has 0 aromatic rings. The Morgan fingerprint density at radius 2 is 1.52 bits per heavy atom. The summed E-state index contributed by atoms with van der Waals surface area (Å²) in [5.41, 5.74) is 0. The highest BCUT2D eigenvalue weighted by Crippen LogP contribution is 2.54. The van der Waals surface area contributed by atoms with E-state index in [2.05, 4.69) is 0 Å². The summed E-state index contributed by atoms with van der Waals surface area (Å²) in [4.78, 5) is 13.8. The molecule has 4 nitrogen and oxygen atoms in total. The second-order valence-corrected chi connectivity index (χ2v) is 7.64. The minimum atomic E-state index is -0.182. The molecule has 118 valence electrons. The van der Waals surface area contributed by atoms with Gasteiger partial charge < -0.3 is 14.4 Å². The zero-order valence-electron chi connectivity index (χ0n) is 12.8. The molecule has 0 aromatic carbocycles. The Balaban J connectivity index is 1.24. The number of carbonyl (C=O) groups excluding carboxylic acids is 1. The van der Waals surface area contributed by atoms with Crippen molar-refractivity contribution in [1.29, 1.82) is 0 Å². The number of hydrogen-bond acceptors (Lipinski definition) is 3. The predicted molar refractivity (Wildman–Crippen MR) is 78.7 cm³/mol. The van der Waals surface area contributed by atoms with Crippen LogP contribution in [0.25, 0.3) is 0 Å². The van der Waals surface area contributed by atoms with Gasteiger partial charge in [0.25, 0.3) is 0 Å². The quantitative estimate of drug-likeness (QED) is 0.749. The molecule has 4 heteroatoms. The summed E-state index contributed by atoms with van der Waals surface area (Å²) < 4.78 is 11.4. The molecular weight excluding hydrogens is 266 g/mol. The Morgan fingerprint density at radius 1 is 0.905 bits per heavy atom. The number of nitrogens with zero attached hydrogens (tertiary/aromatic N) is 1. The van der Waals surface area contributed by atoms with Crippen LogP contribution >= 0.6 is 0 Å². The van der Waals surface area contributed by atoms with Gasteiger partial charge in [-0.25, -0.2) is 4.79 Å². The number of piperidine rings is 1. The second kappa shape index (κ2) is 5.79. The molecule has 0 aromatic heterocycles. The number of carbonyl (C=O) groups is 1. The zero-order chi connectivity index (χ0) is 14.2. The molecule has 0 atom stereocenters. The third-order valence-electron chi connectivity index (χ3n) is 6.20. The molecule has 21 heavy (non-hydrogen) atoms. The van der Waals surface area contributed by atoms with Crippen LogP contribution in [0.3, 0.4) is 0 Å². The minimum absolute atomic E-state index is 0.155. The van der Waals surface area contributed by atoms with E-state index in [1.807, 2.05) is 4.90 Å². The van der Waals surface area contributed by atoms with Gasteiger partial charge in [-0.1, -0.05) is 0 Å². The Morgan fingerprint density at radius 3 is 2.14 bits per heavy atom. The highest BCUT2D eigenvalue weighted by molar-refractivity contribution is 5.67. The van der Waals surface area contributed by atoms with Gasteiger partial charge in [0.2, 0.25) is 0 Å². The second-order valence-electron chi connectivity index (χ2n) is 7.64. The van der Waals surface area contributed by atoms with Gasteiger partial charge in [-0.05, 0) is 75.0 Å². The largest absolute Gasteiger partial charge is 0.422 e. The summed E-state index contributed by atoms with van der Waals surface area (Å²) in [6, 6.07) is 0. The molecule has 0 unspecified atom stereocenters. The topological polar surface area (TPSA) is 38.8 Å². The van der Waals surface area contributed by atoms with Crippen LogP contribution in [0.4, 0.5) is 4.79 Å². The van der Waals surface area contributed by atoms with E-state index in [1.54, 1.807) is 0 Å². The van der Waals surface area contributed by atoms with Crippen LogP contribution in [0.2, 0.25) is 0 Å². The van der Waals surface area contributed by atoms with Crippen molar-refractivity contribution in [2.24, 2.45) is 23.7 Å². The number of ether oxygens (including phenoxy) is 2. The maximum atomic E-state index is 12.0. The van der Waals surface area contributed by atoms with Crippen molar-refractivity contribution in [2.75, 3.05) is 19.9 Å². The zero-order valence-corrected chi connectivity index (χ0v) is 12.8. The van der Waals surface area contributed by atoms with Crippen LogP contribution in [0.1, 0.15) is 51.4 Å². The highest BCUT2D eigenvalue weighted by atomic mass is 16.7. The molecule has 0 radical (unpaired) electrons. The molecule has 1 heterocycles. The lowest BCUT2D eigenvalue weighted by Crippen LogP contribution is -2.49. The van der Waals surface area contributed by atoms with Gasteiger partial charge in [0.05, 0.1) is 6.10 Å². The monoisotopic (exact) mass is 293 g/mol. The lowest BCUT2D eigenvalue weighted by Gasteiger charge is -2.53. The van der Waals surface area contributed by atoms with Crippen molar-refractivity contribution in [1.82, 2.24) is 4.90 Å². The third-order valence-corrected chi connectivity index (χ3v) is 6.20. The van der Waals surface area contributed by atoms with E-state index in [1.165, 1.54) is 38.5 Å². The summed E-state index contributed by atoms with van der Waals surface area (Å²) in [7, 11) is 0. The fraction of sp³-hybridized carbons (Fsp3) is 0.941. The first-order chi connectivity index (χ1) is 10.3. The number of likely N-dealkylation sites (tertiary alicyclic amines) is 1. The number of rotatable bonds is 3. The van der Waals surface area contributed by atoms with Crippen LogP contribution in [0.5, 0.6) is 0 Å². The molecule has 5 aliphatic rings. The van der Waals surface area contributed by atoms with E-state index in [9.17, 15) is 4.79 Å². The van der Waals surface area contributed by atoms with Crippen LogP contribution in [-0.4, -0.2) is 37.0 Å². The molecule has 5 fully saturated rings. The van der Waals surface area contributed by atoms with E-state index in [0.717, 1.165) is 49.6 Å². The molecule has 5 rings (SSSR count). The van der Waals surface area contributed by atoms with Crippen molar-refractivity contribution >= 4 is 6.09 Å². The van der Waals surface area contributed by atoms with Crippen LogP contribution in [0, 0.1) is 23.7 Å². The predicted octanol–water partition coefficient (Wildman–Crippen LogP) is 3.41. The molecule has 1 aliphatic heterocycles. The first-order valence-electron chi connectivity index (χ1n) is 8.83. The van der Waals surface area contributed by atoms with Gasteiger partial charge in [-0.3, -0.25) is 0 Å². The van der Waals surface area contributed by atoms with Gasteiger partial charge in [-0.15, -0.1) is 0 Å². The maximum absolute atomic E-state index is 12.0. The summed E-state index contributed by atoms with van der Waals surface area (Å²) in [5, 5.41) is 0. The van der Waals surface area contributed by atoms with Gasteiger partial charge in [-0.2, -0.15) is 0 Å². The van der Waals surface area contributed by atoms with Crippen molar-refractivity contribution in [3.63, 3.8) is 0 Å². The molecular formula is C17H27NO3. The maximum Gasteiger partial charge on any atom is 0.411 e. The molecule has 1 amide bonds. The van der Waals surface area contributed by atoms with Gasteiger partial charge in [0.1, 0.15) is 0 Å². The Hall–Kier alpha value is -0.770. The molecule has 0 N–H and O–H groups in total. The van der Waals surface area contributed by atoms with E-state index >= 15 is 0 Å². The van der Waals surface area contributed by atoms with Crippen LogP contribution < -0.4 is 0 Å². The molecule has 4 saturated carbocycles. The Bertz CT molecular complexity index is 363. The van der Waals surface area contributed by atoms with Crippen molar-refractivity contribution in [3.05, 3.63) is 0 Å². The van der Waals surface area contributed by atoms with E-state index in [0.29, 0.717) is 6.10 Å². The standard InChI is InChI=1S/C17H27NO3/c19-17(18-4-2-1-3-5-18)21-11-20-16-14-7-12-6-13(9-14)10-15(16)8-12/h12-16H,1-11H2. The fourth-order valence-electron chi connectivity index (χ4n) is 5.48. The van der Waals surface area contributed by atoms with Gasteiger partial charge in [0.15, 0.2) is 6.79 Å². The SMILES string of the molecule is O=C(OCOC1C2CC3CC(C2)CC1C3)N1CCCCC1. The highest BCUT2D eigenvalue weighted by Gasteiger charge is 2.48. The summed E-state index contributed by atoms with van der Waals surface area (Å²) in [5.74, 6) is 3.39. The minimum Gasteiger partial charge on any atom is -0.422 e. The summed E-state index contributed by atoms with van der Waals surface area (Å²) in [6.45, 7) is 1.84. The fourth-order valence-corrected chi connectivity index (χ4v) is 5.48. The third kappa shape index (κ3) is 2.79. The average molecular weight is 293 g/mol. The van der Waals surface area contributed by atoms with Gasteiger partial charge >= 0.3 is 6.09 Å². The molecule has 0 spiro atoms. The Labute approximate surface area is 127 Å². The molecule has 1 saturated heterocycles. The average Bonchev–Trinajstić information content (AvgIpc) is 2.50. The summed E-state index contributed by atoms with van der Waals surface area (Å²) >= 11 is 0. The van der Waals surface area contributed by atoms with Crippen LogP contribution in [-0.2, 0) is 9.47 Å². The van der Waals surface area contributed by atoms with E-state index in [4.69, 9.17) is 9.47 Å². The van der Waals surface area contributed by atoms with Crippen molar-refractivity contribution < 1.29 is 14.3 Å². The van der Waals surface area contributed by atoms with Gasteiger partial charge in [0, 0.05) is 13.1 Å². The lowest BCUT2D eigenvalue weighted by molar-refractivity contribution is -0.163. The molecule has 4 bridgehead atoms. The summed E-state index contributed by atoms with van der Waals surface area (Å²) in [6.07, 6.45) is 10.4. The van der Waals surface area contributed by atoms with Crippen molar-refractivity contribution in [3.8, 4) is 0 Å². The Kier molecular flexibility index (Phi) is 3.82. The van der Waals surface area contributed by atoms with E-state index in [-0.39, 0.29) is 12.9 Å². The first kappa shape index (κ1) is 13.9.